The van der Waals surface area contributed by atoms with Crippen molar-refractivity contribution in [1.82, 2.24) is 25.7 Å². The quantitative estimate of drug-likeness (QED) is 0.573. The lowest BCUT2D eigenvalue weighted by Crippen LogP contribution is -2.56. The van der Waals surface area contributed by atoms with Crippen molar-refractivity contribution in [3.05, 3.63) is 36.2 Å². The number of rotatable bonds is 8. The van der Waals surface area contributed by atoms with Crippen molar-refractivity contribution < 1.29 is 14.4 Å². The minimum atomic E-state index is -0.999. The Kier molecular flexibility index (Phi) is 5.66. The maximum absolute atomic E-state index is 13.8. The average molecular weight is 501 g/mol. The number of hydrogen-bond donors (Lipinski definition) is 2. The molecular formula is C28H32N6O3. The molecule has 2 N–H and O–H groups in total. The first-order valence-electron chi connectivity index (χ1n) is 13.3. The molecule has 9 heteroatoms. The molecule has 2 unspecified atom stereocenters. The Hall–Kier alpha value is -3.54. The summed E-state index contributed by atoms with van der Waals surface area (Å²) in [6.45, 7) is 4.73. The van der Waals surface area contributed by atoms with Crippen LogP contribution in [0.2, 0.25) is 0 Å². The van der Waals surface area contributed by atoms with Crippen LogP contribution in [0.25, 0.3) is 10.8 Å². The number of nitrogens with zero attached hydrogens (tertiary/aromatic N) is 4. The smallest absolute Gasteiger partial charge is 0.245 e. The van der Waals surface area contributed by atoms with Crippen LogP contribution in [0.5, 0.6) is 0 Å². The zero-order valence-corrected chi connectivity index (χ0v) is 21.2. The first-order valence-corrected chi connectivity index (χ1v) is 13.3. The Bertz CT molecular complexity index is 1310. The fourth-order valence-corrected chi connectivity index (χ4v) is 6.21. The Morgan fingerprint density at radius 3 is 2.59 bits per heavy atom. The number of hydrogen-bond acceptors (Lipinski definition) is 6. The van der Waals surface area contributed by atoms with Gasteiger partial charge in [-0.15, -0.1) is 0 Å². The third-order valence-electron chi connectivity index (χ3n) is 8.88. The van der Waals surface area contributed by atoms with E-state index in [0.717, 1.165) is 36.5 Å². The van der Waals surface area contributed by atoms with Crippen LogP contribution in [0.1, 0.15) is 57.7 Å². The van der Waals surface area contributed by atoms with Crippen molar-refractivity contribution >= 4 is 28.5 Å². The molecule has 1 aromatic heterocycles. The molecule has 0 spiro atoms. The number of piperidine rings is 1. The molecule has 0 bridgehead atoms. The fraction of sp³-hybridized carbons (Fsp3) is 0.571. The summed E-state index contributed by atoms with van der Waals surface area (Å²) in [5.41, 5.74) is 0.323. The highest BCUT2D eigenvalue weighted by atomic mass is 16.2. The maximum atomic E-state index is 13.8. The summed E-state index contributed by atoms with van der Waals surface area (Å²) < 4.78 is 0. The summed E-state index contributed by atoms with van der Waals surface area (Å²) in [6, 6.07) is 7.35. The maximum Gasteiger partial charge on any atom is 0.245 e. The predicted octanol–water partition coefficient (Wildman–Crippen LogP) is 2.49. The van der Waals surface area contributed by atoms with Crippen molar-refractivity contribution in [3.63, 3.8) is 0 Å². The first kappa shape index (κ1) is 23.8. The lowest BCUT2D eigenvalue weighted by atomic mass is 9.98. The third kappa shape index (κ3) is 4.32. The van der Waals surface area contributed by atoms with Gasteiger partial charge >= 0.3 is 0 Å². The van der Waals surface area contributed by atoms with Crippen molar-refractivity contribution in [3.8, 4) is 6.07 Å². The zero-order valence-electron chi connectivity index (χ0n) is 21.2. The Balaban J connectivity index is 1.24. The van der Waals surface area contributed by atoms with E-state index in [4.69, 9.17) is 0 Å². The zero-order chi connectivity index (χ0) is 25.9. The van der Waals surface area contributed by atoms with Gasteiger partial charge < -0.3 is 15.5 Å². The predicted molar refractivity (Wildman–Crippen MR) is 134 cm³/mol. The van der Waals surface area contributed by atoms with Gasteiger partial charge in [-0.05, 0) is 42.4 Å². The van der Waals surface area contributed by atoms with Gasteiger partial charge in [-0.3, -0.25) is 14.4 Å². The van der Waals surface area contributed by atoms with E-state index in [1.54, 1.807) is 11.1 Å². The number of likely N-dealkylation sites (tertiary alicyclic amines) is 1. The Labute approximate surface area is 216 Å². The molecule has 5 atom stereocenters. The number of amides is 3. The molecule has 2 heterocycles. The van der Waals surface area contributed by atoms with Crippen LogP contribution in [0.15, 0.2) is 30.5 Å². The molecule has 0 radical (unpaired) electrons. The molecule has 3 saturated carbocycles. The van der Waals surface area contributed by atoms with Crippen LogP contribution in [0.3, 0.4) is 0 Å². The topological polar surface area (TPSA) is 128 Å². The van der Waals surface area contributed by atoms with Gasteiger partial charge in [0.25, 0.3) is 0 Å². The van der Waals surface area contributed by atoms with E-state index in [9.17, 15) is 19.6 Å². The highest BCUT2D eigenvalue weighted by molar-refractivity contribution is 5.94. The SMILES string of the molecule is CC1(C)[C@@H]2[C@@H](C(=O)NC(C#N)c3nncc4ccccc34)N(C(=O)C(CC3CC3)NC(=O)C3CC3)C[C@@H]21. The molecule has 9 nitrogen and oxygen atoms in total. The van der Waals surface area contributed by atoms with Gasteiger partial charge in [-0.25, -0.2) is 0 Å². The van der Waals surface area contributed by atoms with Gasteiger partial charge in [0.05, 0.1) is 12.3 Å². The third-order valence-corrected chi connectivity index (χ3v) is 8.88. The summed E-state index contributed by atoms with van der Waals surface area (Å²) in [6.07, 6.45) is 6.13. The highest BCUT2D eigenvalue weighted by Crippen LogP contribution is 2.65. The second-order valence-electron chi connectivity index (χ2n) is 11.8. The summed E-state index contributed by atoms with van der Waals surface area (Å²) in [7, 11) is 0. The molecule has 192 valence electrons. The minimum Gasteiger partial charge on any atom is -0.344 e. The number of carbonyl (C=O) groups is 3. The largest absolute Gasteiger partial charge is 0.344 e. The second kappa shape index (κ2) is 8.79. The number of benzene rings is 1. The van der Waals surface area contributed by atoms with E-state index in [-0.39, 0.29) is 40.9 Å². The first-order chi connectivity index (χ1) is 17.8. The van der Waals surface area contributed by atoms with Crippen LogP contribution in [-0.4, -0.2) is 51.4 Å². The fourth-order valence-electron chi connectivity index (χ4n) is 6.21. The number of nitrogens with one attached hydrogen (secondary N) is 2. The lowest BCUT2D eigenvalue weighted by molar-refractivity contribution is -0.143. The van der Waals surface area contributed by atoms with E-state index < -0.39 is 18.1 Å². The normalized spacial score (nSPS) is 27.1. The number of carbonyl (C=O) groups excluding carboxylic acids is 3. The van der Waals surface area contributed by atoms with Crippen LogP contribution >= 0.6 is 0 Å². The van der Waals surface area contributed by atoms with Gasteiger partial charge in [-0.1, -0.05) is 51.0 Å². The van der Waals surface area contributed by atoms with Gasteiger partial charge in [0.2, 0.25) is 17.7 Å². The van der Waals surface area contributed by atoms with Crippen LogP contribution in [0, 0.1) is 40.4 Å². The molecule has 4 aliphatic rings. The summed E-state index contributed by atoms with van der Waals surface area (Å²) in [4.78, 5) is 41.8. The lowest BCUT2D eigenvalue weighted by Gasteiger charge is -2.33. The standard InChI is InChI=1S/C28H32N6O3/c1-28(2)19-14-34(27(37)20(11-15-7-8-15)31-25(35)16-9-10-16)24(22(19)28)26(36)32-21(12-29)23-18-6-4-3-5-17(18)13-30-33-23/h3-6,13,15-16,19-22,24H,7-11,14H2,1-2H3,(H,31,35)(H,32,36)/t19-,20?,21?,22-,24-/m0/s1. The summed E-state index contributed by atoms with van der Waals surface area (Å²) in [5.74, 6) is 0.0958. The number of aromatic nitrogens is 2. The molecule has 3 amide bonds. The minimum absolute atomic E-state index is 0.00935. The van der Waals surface area contributed by atoms with Gasteiger partial charge in [-0.2, -0.15) is 15.5 Å². The van der Waals surface area contributed by atoms with E-state index in [0.29, 0.717) is 24.6 Å². The number of nitriles is 1. The Morgan fingerprint density at radius 2 is 1.89 bits per heavy atom. The average Bonchev–Trinajstić information content (AvgIpc) is 3.83. The van der Waals surface area contributed by atoms with E-state index in [1.807, 2.05) is 24.3 Å². The number of fused-ring (bicyclic) bond motifs is 2. The summed E-state index contributed by atoms with van der Waals surface area (Å²) in [5, 5.41) is 25.6. The van der Waals surface area contributed by atoms with Crippen LogP contribution in [0.4, 0.5) is 0 Å². The molecule has 6 rings (SSSR count). The molecular weight excluding hydrogens is 468 g/mol. The molecule has 3 aliphatic carbocycles. The molecule has 1 saturated heterocycles. The molecule has 37 heavy (non-hydrogen) atoms. The van der Waals surface area contributed by atoms with Gasteiger partial charge in [0.15, 0.2) is 6.04 Å². The second-order valence-corrected chi connectivity index (χ2v) is 11.8. The molecule has 1 aliphatic heterocycles. The summed E-state index contributed by atoms with van der Waals surface area (Å²) >= 11 is 0. The Morgan fingerprint density at radius 1 is 1.14 bits per heavy atom. The van der Waals surface area contributed by atoms with Crippen LogP contribution in [-0.2, 0) is 14.4 Å². The van der Waals surface area contributed by atoms with Gasteiger partial charge in [0, 0.05) is 23.2 Å². The van der Waals surface area contributed by atoms with Crippen molar-refractivity contribution in [2.24, 2.45) is 29.1 Å². The van der Waals surface area contributed by atoms with Crippen molar-refractivity contribution in [2.45, 2.75) is 64.1 Å². The van der Waals surface area contributed by atoms with Crippen LogP contribution < -0.4 is 10.6 Å². The van der Waals surface area contributed by atoms with Crippen molar-refractivity contribution in [2.75, 3.05) is 6.54 Å². The molecule has 2 aromatic rings. The monoisotopic (exact) mass is 500 g/mol. The molecule has 1 aromatic carbocycles. The molecule has 4 fully saturated rings. The van der Waals surface area contributed by atoms with Crippen molar-refractivity contribution in [1.29, 1.82) is 5.26 Å². The van der Waals surface area contributed by atoms with E-state index >= 15 is 0 Å². The van der Waals surface area contributed by atoms with E-state index in [2.05, 4.69) is 40.7 Å². The van der Waals surface area contributed by atoms with Gasteiger partial charge in [0.1, 0.15) is 17.8 Å². The highest BCUT2D eigenvalue weighted by Gasteiger charge is 2.69. The van der Waals surface area contributed by atoms with E-state index in [1.165, 1.54) is 0 Å².